The molecular weight excluding hydrogens is 350 g/mol. The highest BCUT2D eigenvalue weighted by atomic mass is 32.2. The summed E-state index contributed by atoms with van der Waals surface area (Å²) in [7, 11) is -3.26. The predicted octanol–water partition coefficient (Wildman–Crippen LogP) is 2.35. The number of benzene rings is 1. The maximum Gasteiger partial charge on any atom is 0.232 e. The van der Waals surface area contributed by atoms with Crippen molar-refractivity contribution >= 4 is 27.3 Å². The van der Waals surface area contributed by atoms with Crippen LogP contribution in [0.1, 0.15) is 19.8 Å². The Morgan fingerprint density at radius 1 is 1.00 bits per heavy atom. The minimum atomic E-state index is -3.26. The summed E-state index contributed by atoms with van der Waals surface area (Å²) >= 11 is 0. The number of nitrogens with zero attached hydrogens (tertiary/aromatic N) is 4. The monoisotopic (exact) mass is 375 g/mol. The number of sulfonamides is 1. The average Bonchev–Trinajstić information content (AvgIpc) is 2.68. The number of anilines is 3. The van der Waals surface area contributed by atoms with Gasteiger partial charge in [0.05, 0.1) is 5.75 Å². The van der Waals surface area contributed by atoms with E-state index in [2.05, 4.69) is 24.5 Å². The summed E-state index contributed by atoms with van der Waals surface area (Å²) in [6, 6.07) is 9.40. The van der Waals surface area contributed by atoms with Crippen molar-refractivity contribution in [2.75, 3.05) is 46.5 Å². The largest absolute Gasteiger partial charge is 0.368 e. The van der Waals surface area contributed by atoms with Crippen LogP contribution < -0.4 is 14.5 Å². The second kappa shape index (κ2) is 8.35. The van der Waals surface area contributed by atoms with Crippen molar-refractivity contribution in [1.29, 1.82) is 0 Å². The van der Waals surface area contributed by atoms with Crippen LogP contribution in [0.25, 0.3) is 0 Å². The molecule has 0 amide bonds. The highest BCUT2D eigenvalue weighted by Gasteiger charge is 2.19. The van der Waals surface area contributed by atoms with Crippen molar-refractivity contribution in [3.8, 4) is 0 Å². The Labute approximate surface area is 155 Å². The molecule has 3 rings (SSSR count). The van der Waals surface area contributed by atoms with Crippen molar-refractivity contribution in [2.24, 2.45) is 0 Å². The van der Waals surface area contributed by atoms with Crippen LogP contribution >= 0.6 is 0 Å². The molecule has 0 bridgehead atoms. The highest BCUT2D eigenvalue weighted by molar-refractivity contribution is 7.92. The smallest absolute Gasteiger partial charge is 0.232 e. The molecule has 1 fully saturated rings. The van der Waals surface area contributed by atoms with E-state index in [1.54, 1.807) is 12.4 Å². The van der Waals surface area contributed by atoms with Gasteiger partial charge in [-0.15, -0.1) is 0 Å². The summed E-state index contributed by atoms with van der Waals surface area (Å²) in [4.78, 5) is 13.1. The van der Waals surface area contributed by atoms with Crippen molar-refractivity contribution in [3.05, 3.63) is 42.7 Å². The summed E-state index contributed by atoms with van der Waals surface area (Å²) in [5.41, 5.74) is 1.70. The Kier molecular flexibility index (Phi) is 5.92. The number of rotatable bonds is 7. The van der Waals surface area contributed by atoms with Gasteiger partial charge in [-0.2, -0.15) is 0 Å². The van der Waals surface area contributed by atoms with Gasteiger partial charge in [0.15, 0.2) is 0 Å². The normalized spacial score (nSPS) is 15.1. The third-order valence-electron chi connectivity index (χ3n) is 4.39. The Balaban J connectivity index is 1.56. The van der Waals surface area contributed by atoms with Crippen LogP contribution in [0.4, 0.5) is 17.3 Å². The Morgan fingerprint density at radius 2 is 1.62 bits per heavy atom. The summed E-state index contributed by atoms with van der Waals surface area (Å²) in [6.45, 7) is 5.44. The topological polar surface area (TPSA) is 78.4 Å². The summed E-state index contributed by atoms with van der Waals surface area (Å²) in [5, 5.41) is 0. The third-order valence-corrected chi connectivity index (χ3v) is 5.76. The fourth-order valence-corrected chi connectivity index (χ4v) is 4.19. The number of nitrogens with one attached hydrogen (secondary N) is 1. The molecule has 0 spiro atoms. The molecule has 8 heteroatoms. The van der Waals surface area contributed by atoms with Gasteiger partial charge in [-0.05, 0) is 36.8 Å². The molecule has 1 N–H and O–H groups in total. The zero-order chi connectivity index (χ0) is 18.4. The first-order valence-electron chi connectivity index (χ1n) is 8.95. The zero-order valence-electron chi connectivity index (χ0n) is 15.0. The molecule has 1 aliphatic rings. The van der Waals surface area contributed by atoms with E-state index in [0.29, 0.717) is 12.1 Å². The second-order valence-corrected chi connectivity index (χ2v) is 8.19. The predicted molar refractivity (Wildman–Crippen MR) is 105 cm³/mol. The first-order chi connectivity index (χ1) is 12.6. The molecule has 1 aromatic carbocycles. The number of unbranched alkanes of at least 4 members (excludes halogenated alkanes) is 1. The van der Waals surface area contributed by atoms with Crippen molar-refractivity contribution in [2.45, 2.75) is 19.8 Å². The van der Waals surface area contributed by atoms with Crippen LogP contribution in [0.2, 0.25) is 0 Å². The third kappa shape index (κ3) is 4.85. The SMILES string of the molecule is CCCCS(=O)(=O)Nc1ccc(N2CCN(c3ncccn3)CC2)cc1. The van der Waals surface area contributed by atoms with Gasteiger partial charge < -0.3 is 9.80 Å². The minimum absolute atomic E-state index is 0.161. The molecule has 1 saturated heterocycles. The van der Waals surface area contributed by atoms with Gasteiger partial charge in [-0.3, -0.25) is 4.72 Å². The molecule has 1 aliphatic heterocycles. The van der Waals surface area contributed by atoms with Gasteiger partial charge in [0.1, 0.15) is 0 Å². The lowest BCUT2D eigenvalue weighted by Crippen LogP contribution is -2.47. The van der Waals surface area contributed by atoms with E-state index in [1.807, 2.05) is 37.3 Å². The Bertz CT molecular complexity index is 788. The lowest BCUT2D eigenvalue weighted by atomic mass is 10.2. The molecule has 26 heavy (non-hydrogen) atoms. The Hall–Kier alpha value is -2.35. The number of hydrogen-bond donors (Lipinski definition) is 1. The summed E-state index contributed by atoms with van der Waals surface area (Å²) < 4.78 is 26.6. The molecule has 2 aromatic rings. The molecule has 140 valence electrons. The molecule has 0 aliphatic carbocycles. The number of aromatic nitrogens is 2. The van der Waals surface area contributed by atoms with Gasteiger partial charge in [-0.1, -0.05) is 13.3 Å². The standard InChI is InChI=1S/C18H25N5O2S/c1-2-3-15-26(24,25)21-16-5-7-17(8-6-16)22-11-13-23(14-12-22)18-19-9-4-10-20-18/h4-10,21H,2-3,11-15H2,1H3. The van der Waals surface area contributed by atoms with Crippen LogP contribution in [0.3, 0.4) is 0 Å². The van der Waals surface area contributed by atoms with Crippen LogP contribution in [0, 0.1) is 0 Å². The lowest BCUT2D eigenvalue weighted by molar-refractivity contribution is 0.598. The van der Waals surface area contributed by atoms with Gasteiger partial charge in [0.25, 0.3) is 0 Å². The fraction of sp³-hybridized carbons (Fsp3) is 0.444. The minimum Gasteiger partial charge on any atom is -0.368 e. The molecule has 1 aromatic heterocycles. The van der Waals surface area contributed by atoms with Crippen LogP contribution in [0.5, 0.6) is 0 Å². The van der Waals surface area contributed by atoms with E-state index in [1.165, 1.54) is 0 Å². The molecule has 0 atom stereocenters. The van der Waals surface area contributed by atoms with Gasteiger partial charge >= 0.3 is 0 Å². The van der Waals surface area contributed by atoms with Crippen LogP contribution in [-0.2, 0) is 10.0 Å². The lowest BCUT2D eigenvalue weighted by Gasteiger charge is -2.36. The van der Waals surface area contributed by atoms with Crippen molar-refractivity contribution in [3.63, 3.8) is 0 Å². The summed E-state index contributed by atoms with van der Waals surface area (Å²) in [6.07, 6.45) is 5.05. The highest BCUT2D eigenvalue weighted by Crippen LogP contribution is 2.21. The van der Waals surface area contributed by atoms with Crippen LogP contribution in [0.15, 0.2) is 42.7 Å². The van der Waals surface area contributed by atoms with E-state index in [0.717, 1.165) is 44.2 Å². The molecule has 0 radical (unpaired) electrons. The first-order valence-corrected chi connectivity index (χ1v) is 10.6. The molecule has 0 unspecified atom stereocenters. The summed E-state index contributed by atoms with van der Waals surface area (Å²) in [5.74, 6) is 0.929. The molecular formula is C18H25N5O2S. The van der Waals surface area contributed by atoms with E-state index < -0.39 is 10.0 Å². The zero-order valence-corrected chi connectivity index (χ0v) is 15.8. The van der Waals surface area contributed by atoms with E-state index in [9.17, 15) is 8.42 Å². The Morgan fingerprint density at radius 3 is 2.23 bits per heavy atom. The van der Waals surface area contributed by atoms with E-state index >= 15 is 0 Å². The molecule has 7 nitrogen and oxygen atoms in total. The maximum atomic E-state index is 12.0. The quantitative estimate of drug-likeness (QED) is 0.800. The second-order valence-electron chi connectivity index (χ2n) is 6.34. The fourth-order valence-electron chi connectivity index (χ4n) is 2.92. The van der Waals surface area contributed by atoms with Gasteiger partial charge in [0, 0.05) is 49.9 Å². The molecule has 0 saturated carbocycles. The molecule has 2 heterocycles. The average molecular weight is 375 g/mol. The first kappa shape index (κ1) is 18.4. The van der Waals surface area contributed by atoms with Crippen molar-refractivity contribution < 1.29 is 8.42 Å². The van der Waals surface area contributed by atoms with Crippen LogP contribution in [-0.4, -0.2) is 50.3 Å². The van der Waals surface area contributed by atoms with Gasteiger partial charge in [-0.25, -0.2) is 18.4 Å². The number of hydrogen-bond acceptors (Lipinski definition) is 6. The van der Waals surface area contributed by atoms with Gasteiger partial charge in [0.2, 0.25) is 16.0 Å². The number of piperazine rings is 1. The van der Waals surface area contributed by atoms with Crippen molar-refractivity contribution in [1.82, 2.24) is 9.97 Å². The van der Waals surface area contributed by atoms with E-state index in [-0.39, 0.29) is 5.75 Å². The maximum absolute atomic E-state index is 12.0. The van der Waals surface area contributed by atoms with E-state index in [4.69, 9.17) is 0 Å².